The molecule has 0 radical (unpaired) electrons. The van der Waals surface area contributed by atoms with Crippen LogP contribution in [0.2, 0.25) is 0 Å². The quantitative estimate of drug-likeness (QED) is 0.0616. The summed E-state index contributed by atoms with van der Waals surface area (Å²) in [6.07, 6.45) is 0.715. The number of fused-ring (bicyclic) bond motifs is 3. The topological polar surface area (TPSA) is 287 Å². The summed E-state index contributed by atoms with van der Waals surface area (Å²) in [6, 6.07) is 40.0. The van der Waals surface area contributed by atoms with E-state index in [-0.39, 0.29) is 42.8 Å². The zero-order valence-electron chi connectivity index (χ0n) is 48.5. The van der Waals surface area contributed by atoms with E-state index in [1.807, 2.05) is 24.3 Å². The van der Waals surface area contributed by atoms with E-state index in [4.69, 9.17) is 33.0 Å². The molecule has 3 aliphatic heterocycles. The van der Waals surface area contributed by atoms with Gasteiger partial charge in [0.15, 0.2) is 9.79 Å². The maximum atomic E-state index is 11.5. The first kappa shape index (κ1) is 86.4. The summed E-state index contributed by atoms with van der Waals surface area (Å²) < 4.78 is 285. The summed E-state index contributed by atoms with van der Waals surface area (Å²) in [4.78, 5) is 2.93. The predicted octanol–water partition coefficient (Wildman–Crippen LogP) is 2.39. The van der Waals surface area contributed by atoms with Crippen LogP contribution in [-0.2, 0) is 97.0 Å². The Morgan fingerprint density at radius 1 is 0.424 bits per heavy atom. The molecule has 0 saturated carbocycles. The first-order valence-electron chi connectivity index (χ1n) is 24.8. The van der Waals surface area contributed by atoms with Crippen molar-refractivity contribution in [1.82, 2.24) is 8.25 Å². The zero-order valence-corrected chi connectivity index (χ0v) is 57.2. The van der Waals surface area contributed by atoms with Gasteiger partial charge in [-0.3, -0.25) is 8.76 Å². The fourth-order valence-corrected chi connectivity index (χ4v) is 15.9. The molecule has 514 valence electrons. The number of hydrogen-bond donors (Lipinski definition) is 3. The fourth-order valence-electron chi connectivity index (χ4n) is 7.19. The standard InChI is InChI=1S/2C15H17O2S.C11H10O.C4H8O2S.2C2HF6NO4S2.CH4O3S.HI.Li/c2*1-16-14-6-7-15(18-10-8-17-9-11-18)13-5-3-2-4-12(13)14;1-12-11-8-4-6-9-5-2-3-7-10(9)11;5-7-3-1-6-2-4-7;2*3-1(4,5)14(10,11)9-15(12,13)2(6,7)8;1-5(2,3)4;;/h2*2-7H,8-11H2,1H3;2-8H,1H3;1-4H2;2*9H;1H3,(H,2,3,4);1H;/q2*+1;;;;;;;+1/p-1. The van der Waals surface area contributed by atoms with Crippen molar-refractivity contribution in [2.75, 3.05) is 102 Å². The van der Waals surface area contributed by atoms with Crippen molar-refractivity contribution >= 4 is 115 Å². The van der Waals surface area contributed by atoms with Crippen LogP contribution >= 0.6 is 0 Å². The van der Waals surface area contributed by atoms with E-state index in [0.717, 1.165) is 78.2 Å². The summed E-state index contributed by atoms with van der Waals surface area (Å²) in [5.74, 6) is 8.93. The van der Waals surface area contributed by atoms with Gasteiger partial charge in [0.05, 0.1) is 67.2 Å². The van der Waals surface area contributed by atoms with Gasteiger partial charge in [-0.1, -0.05) is 81.1 Å². The molecule has 3 fully saturated rings. The van der Waals surface area contributed by atoms with Crippen LogP contribution < -0.4 is 65.3 Å². The Kier molecular flexibility index (Phi) is 35.4. The number of alkyl halides is 12. The number of rotatable bonds is 9. The number of ether oxygens (including phenoxy) is 6. The van der Waals surface area contributed by atoms with Gasteiger partial charge in [-0.05, 0) is 47.9 Å². The summed E-state index contributed by atoms with van der Waals surface area (Å²) in [7, 11) is -24.8. The van der Waals surface area contributed by atoms with Gasteiger partial charge >= 0.3 is 81.0 Å². The molecule has 0 amide bonds. The number of nitrogens with one attached hydrogen (secondary N) is 2. The maximum absolute atomic E-state index is 11.5. The minimum atomic E-state index is -6.60. The molecule has 20 nitrogen and oxygen atoms in total. The molecule has 92 heavy (non-hydrogen) atoms. The average Bonchev–Trinajstić information content (AvgIpc) is 1.02. The van der Waals surface area contributed by atoms with Crippen LogP contribution in [0.1, 0.15) is 0 Å². The molecule has 42 heteroatoms. The number of sulfonamides is 4. The third kappa shape index (κ3) is 27.5. The van der Waals surface area contributed by atoms with Crippen LogP contribution in [-0.4, -0.2) is 175 Å². The molecule has 0 aliphatic carbocycles. The fraction of sp³-hybridized carbons (Fsp3) is 0.400. The van der Waals surface area contributed by atoms with Crippen molar-refractivity contribution in [3.05, 3.63) is 115 Å². The maximum Gasteiger partial charge on any atom is 1.00 e. The third-order valence-corrected chi connectivity index (χ3v) is 23.0. The Labute approximate surface area is 559 Å². The SMILES string of the molecule is COc1ccc([S+]2CCOCC2)c2ccccc12.COc1ccc([S+]2CCOCC2)c2ccccc12.COc1cccc2ccccc12.CS(=O)(=O)O.O=S(=O)(NS(=O)(=O)C(F)(F)F)C(F)(F)F.O=S(=O)(NS(=O)(=O)C(F)(F)F)C(F)(F)F.O=S1CCOCC1.[I-].[Li+]. The number of benzene rings is 6. The van der Waals surface area contributed by atoms with Crippen LogP contribution in [0, 0.1) is 0 Å². The molecular weight excluding hydrogens is 1530 g/mol. The van der Waals surface area contributed by atoms with E-state index in [9.17, 15) is 99.0 Å². The first-order chi connectivity index (χ1) is 41.5. The van der Waals surface area contributed by atoms with Crippen molar-refractivity contribution < 1.29 is 175 Å². The minimum absolute atomic E-state index is 0. The van der Waals surface area contributed by atoms with Gasteiger partial charge in [0.2, 0.25) is 0 Å². The molecule has 0 spiro atoms. The van der Waals surface area contributed by atoms with Crippen LogP contribution in [0.25, 0.3) is 32.3 Å². The molecule has 3 N–H and O–H groups in total. The van der Waals surface area contributed by atoms with Crippen LogP contribution in [0.4, 0.5) is 52.7 Å². The molecular formula is C50H58F12ILiN2O18S8+2. The van der Waals surface area contributed by atoms with E-state index < -0.39 is 91.3 Å². The van der Waals surface area contributed by atoms with Gasteiger partial charge in [0.1, 0.15) is 40.3 Å². The molecule has 6 aromatic carbocycles. The van der Waals surface area contributed by atoms with Gasteiger partial charge in [-0.25, -0.2) is 33.7 Å². The molecule has 3 heterocycles. The second-order valence-corrected chi connectivity index (χ2v) is 32.3. The van der Waals surface area contributed by atoms with E-state index in [0.29, 0.717) is 41.3 Å². The Hall–Kier alpha value is -3.65. The predicted molar refractivity (Wildman–Crippen MR) is 316 cm³/mol. The molecule has 0 unspecified atom stereocenters. The first-order valence-corrected chi connectivity index (χ1v) is 37.2. The molecule has 0 atom stereocenters. The Morgan fingerprint density at radius 2 is 0.685 bits per heavy atom. The molecule has 0 bridgehead atoms. The van der Waals surface area contributed by atoms with E-state index in [1.165, 1.54) is 42.1 Å². The summed E-state index contributed by atoms with van der Waals surface area (Å²) in [5, 5.41) is 7.50. The Bertz CT molecular complexity index is 3630. The van der Waals surface area contributed by atoms with E-state index in [2.05, 4.69) is 91.0 Å². The molecule has 3 saturated heterocycles. The smallest absolute Gasteiger partial charge is 1.00 e. The Balaban J connectivity index is 0.000000550. The van der Waals surface area contributed by atoms with Gasteiger partial charge in [-0.15, -0.1) is 0 Å². The van der Waals surface area contributed by atoms with Gasteiger partial charge in [0, 0.05) is 71.0 Å². The minimum Gasteiger partial charge on any atom is -1.00 e. The monoisotopic (exact) mass is 1590 g/mol. The average molecular weight is 1590 g/mol. The van der Waals surface area contributed by atoms with Gasteiger partial charge < -0.3 is 52.4 Å². The van der Waals surface area contributed by atoms with Crippen LogP contribution in [0.15, 0.2) is 125 Å². The molecule has 3 aliphatic rings. The number of halogens is 13. The van der Waals surface area contributed by atoms with Gasteiger partial charge in [-0.2, -0.15) is 61.1 Å². The van der Waals surface area contributed by atoms with E-state index >= 15 is 0 Å². The second-order valence-electron chi connectivity index (χ2n) is 17.5. The summed E-state index contributed by atoms with van der Waals surface area (Å²) in [5.41, 5.74) is -24.6. The van der Waals surface area contributed by atoms with Crippen LogP contribution in [0.5, 0.6) is 17.2 Å². The van der Waals surface area contributed by atoms with Crippen LogP contribution in [0.3, 0.4) is 0 Å². The summed E-state index contributed by atoms with van der Waals surface area (Å²) >= 11 is 0. The Morgan fingerprint density at radius 3 is 0.967 bits per heavy atom. The normalized spacial score (nSPS) is 15.5. The van der Waals surface area contributed by atoms with Crippen molar-refractivity contribution in [2.45, 2.75) is 31.8 Å². The van der Waals surface area contributed by atoms with Crippen molar-refractivity contribution in [1.29, 1.82) is 0 Å². The van der Waals surface area contributed by atoms with E-state index in [1.54, 1.807) is 21.3 Å². The number of methoxy groups -OCH3 is 3. The van der Waals surface area contributed by atoms with Crippen molar-refractivity contribution in [2.24, 2.45) is 0 Å². The van der Waals surface area contributed by atoms with Crippen molar-refractivity contribution in [3.63, 3.8) is 0 Å². The number of hydrogen-bond acceptors (Lipinski definition) is 17. The molecule has 0 aromatic heterocycles. The second kappa shape index (κ2) is 37.7. The summed E-state index contributed by atoms with van der Waals surface area (Å²) in [6.45, 7) is 4.94. The largest absolute Gasteiger partial charge is 1.00 e. The van der Waals surface area contributed by atoms with Gasteiger partial charge in [0.25, 0.3) is 10.1 Å². The third-order valence-electron chi connectivity index (χ3n) is 11.2. The zero-order chi connectivity index (χ0) is 68.2. The molecule has 9 rings (SSSR count). The van der Waals surface area contributed by atoms with Crippen molar-refractivity contribution in [3.8, 4) is 17.2 Å². The molecule has 6 aromatic rings.